The van der Waals surface area contributed by atoms with Crippen molar-refractivity contribution in [2.75, 3.05) is 0 Å². The first-order valence-electron chi connectivity index (χ1n) is 4.33. The fourth-order valence-electron chi connectivity index (χ4n) is 1.71. The van der Waals surface area contributed by atoms with E-state index in [0.29, 0.717) is 0 Å². The highest BCUT2D eigenvalue weighted by atomic mass is 16.1. The number of hydrogen-bond acceptors (Lipinski definition) is 1. The van der Waals surface area contributed by atoms with E-state index in [4.69, 9.17) is 5.73 Å². The molecule has 0 aliphatic heterocycles. The minimum absolute atomic E-state index is 0.232. The van der Waals surface area contributed by atoms with Crippen LogP contribution in [0.25, 0.3) is 0 Å². The Bertz CT molecular complexity index is 368. The molecule has 0 radical (unpaired) electrons. The molecule has 13 heavy (non-hydrogen) atoms. The average Bonchev–Trinajstić information content (AvgIpc) is 2.17. The van der Waals surface area contributed by atoms with Crippen LogP contribution in [0.2, 0.25) is 0 Å². The third-order valence-electron chi connectivity index (χ3n) is 2.36. The van der Waals surface area contributed by atoms with Gasteiger partial charge in [-0.3, -0.25) is 4.79 Å². The van der Waals surface area contributed by atoms with E-state index in [9.17, 15) is 4.79 Å². The van der Waals surface area contributed by atoms with Gasteiger partial charge < -0.3 is 5.73 Å². The predicted octanol–water partition coefficient (Wildman–Crippen LogP) is 1.37. The largest absolute Gasteiger partial charge is 0.369 e. The van der Waals surface area contributed by atoms with Crippen LogP contribution in [0.1, 0.15) is 17.0 Å². The smallest absolute Gasteiger partial charge is 0.228 e. The fraction of sp³-hybridized carbons (Fsp3) is 0.182. The second-order valence-corrected chi connectivity index (χ2v) is 3.21. The van der Waals surface area contributed by atoms with Crippen molar-refractivity contribution in [3.63, 3.8) is 0 Å². The van der Waals surface area contributed by atoms with E-state index >= 15 is 0 Å². The summed E-state index contributed by atoms with van der Waals surface area (Å²) in [6, 6.07) is 7.92. The van der Waals surface area contributed by atoms with Gasteiger partial charge >= 0.3 is 0 Å². The molecule has 1 aliphatic rings. The maximum atomic E-state index is 11.1. The molecule has 2 heteroatoms. The number of rotatable bonds is 1. The lowest BCUT2D eigenvalue weighted by Gasteiger charge is -2.17. The number of fused-ring (bicyclic) bond motifs is 1. The maximum absolute atomic E-state index is 11.1. The van der Waals surface area contributed by atoms with Gasteiger partial charge in [0, 0.05) is 0 Å². The molecule has 0 saturated carbocycles. The van der Waals surface area contributed by atoms with E-state index in [1.54, 1.807) is 0 Å². The summed E-state index contributed by atoms with van der Waals surface area (Å²) in [5, 5.41) is 0. The molecule has 0 bridgehead atoms. The molecule has 2 N–H and O–H groups in total. The maximum Gasteiger partial charge on any atom is 0.228 e. The summed E-state index contributed by atoms with van der Waals surface area (Å²) < 4.78 is 0. The van der Waals surface area contributed by atoms with Crippen LogP contribution in [0.3, 0.4) is 0 Å². The minimum Gasteiger partial charge on any atom is -0.369 e. The molecule has 2 nitrogen and oxygen atoms in total. The van der Waals surface area contributed by atoms with Crippen molar-refractivity contribution in [2.45, 2.75) is 12.3 Å². The second kappa shape index (κ2) is 3.05. The van der Waals surface area contributed by atoms with Crippen molar-refractivity contribution in [3.05, 3.63) is 47.5 Å². The molecule has 2 rings (SSSR count). The van der Waals surface area contributed by atoms with Crippen molar-refractivity contribution in [1.82, 2.24) is 0 Å². The van der Waals surface area contributed by atoms with Crippen LogP contribution >= 0.6 is 0 Å². The molecule has 1 unspecified atom stereocenters. The quantitative estimate of drug-likeness (QED) is 0.640. The lowest BCUT2D eigenvalue weighted by Crippen LogP contribution is -2.22. The topological polar surface area (TPSA) is 43.1 Å². The fourth-order valence-corrected chi connectivity index (χ4v) is 1.71. The number of amides is 1. The molecule has 1 aromatic carbocycles. The van der Waals surface area contributed by atoms with Gasteiger partial charge in [-0.25, -0.2) is 0 Å². The minimum atomic E-state index is -0.275. The number of primary amides is 1. The third-order valence-corrected chi connectivity index (χ3v) is 2.36. The SMILES string of the molecule is NC(=O)C1C=CCc2ccccc21. The molecular formula is C11H11NO. The Kier molecular flexibility index (Phi) is 1.89. The second-order valence-electron chi connectivity index (χ2n) is 3.21. The Morgan fingerprint density at radius 3 is 2.92 bits per heavy atom. The zero-order valence-corrected chi connectivity index (χ0v) is 7.23. The normalized spacial score (nSPS) is 19.5. The van der Waals surface area contributed by atoms with E-state index < -0.39 is 0 Å². The van der Waals surface area contributed by atoms with E-state index in [1.807, 2.05) is 36.4 Å². The number of hydrogen-bond donors (Lipinski definition) is 1. The molecule has 0 heterocycles. The van der Waals surface area contributed by atoms with E-state index in [2.05, 4.69) is 0 Å². The predicted molar refractivity (Wildman–Crippen MR) is 51.2 cm³/mol. The number of benzene rings is 1. The van der Waals surface area contributed by atoms with Gasteiger partial charge in [0.1, 0.15) is 0 Å². The highest BCUT2D eigenvalue weighted by Gasteiger charge is 2.19. The Morgan fingerprint density at radius 2 is 2.15 bits per heavy atom. The molecule has 1 aromatic rings. The number of carbonyl (C=O) groups is 1. The van der Waals surface area contributed by atoms with Crippen LogP contribution in [0.4, 0.5) is 0 Å². The average molecular weight is 173 g/mol. The van der Waals surface area contributed by atoms with E-state index in [1.165, 1.54) is 5.56 Å². The van der Waals surface area contributed by atoms with Gasteiger partial charge in [0.15, 0.2) is 0 Å². The van der Waals surface area contributed by atoms with Crippen molar-refractivity contribution in [2.24, 2.45) is 5.73 Å². The summed E-state index contributed by atoms with van der Waals surface area (Å²) in [6.07, 6.45) is 4.78. The van der Waals surface area contributed by atoms with Gasteiger partial charge in [-0.1, -0.05) is 36.4 Å². The van der Waals surface area contributed by atoms with Crippen molar-refractivity contribution in [1.29, 1.82) is 0 Å². The van der Waals surface area contributed by atoms with Crippen molar-refractivity contribution >= 4 is 5.91 Å². The molecule has 0 fully saturated rings. The van der Waals surface area contributed by atoms with Crippen LogP contribution in [0.5, 0.6) is 0 Å². The van der Waals surface area contributed by atoms with Gasteiger partial charge in [0.25, 0.3) is 0 Å². The summed E-state index contributed by atoms with van der Waals surface area (Å²) in [6.45, 7) is 0. The zero-order valence-electron chi connectivity index (χ0n) is 7.23. The molecule has 0 saturated heterocycles. The molecule has 1 atom stereocenters. The first-order valence-corrected chi connectivity index (χ1v) is 4.33. The van der Waals surface area contributed by atoms with E-state index in [-0.39, 0.29) is 11.8 Å². The van der Waals surface area contributed by atoms with Gasteiger partial charge in [-0.2, -0.15) is 0 Å². The third kappa shape index (κ3) is 1.35. The van der Waals surface area contributed by atoms with Gasteiger partial charge in [0.2, 0.25) is 5.91 Å². The van der Waals surface area contributed by atoms with Crippen molar-refractivity contribution in [3.8, 4) is 0 Å². The summed E-state index contributed by atoms with van der Waals surface area (Å²) in [4.78, 5) is 11.1. The summed E-state index contributed by atoms with van der Waals surface area (Å²) in [5.41, 5.74) is 7.55. The van der Waals surface area contributed by atoms with Crippen LogP contribution in [-0.4, -0.2) is 5.91 Å². The summed E-state index contributed by atoms with van der Waals surface area (Å²) in [5.74, 6) is -0.506. The molecule has 0 aromatic heterocycles. The first-order chi connectivity index (χ1) is 6.29. The lowest BCUT2D eigenvalue weighted by atomic mass is 9.87. The Labute approximate surface area is 77.1 Å². The van der Waals surface area contributed by atoms with Gasteiger partial charge in [-0.05, 0) is 17.5 Å². The highest BCUT2D eigenvalue weighted by Crippen LogP contribution is 2.25. The molecular weight excluding hydrogens is 162 g/mol. The van der Waals surface area contributed by atoms with Crippen LogP contribution in [0, 0.1) is 0 Å². The Balaban J connectivity index is 2.48. The molecule has 0 spiro atoms. The molecule has 66 valence electrons. The van der Waals surface area contributed by atoms with Crippen LogP contribution in [-0.2, 0) is 11.2 Å². The van der Waals surface area contributed by atoms with E-state index in [0.717, 1.165) is 12.0 Å². The van der Waals surface area contributed by atoms with Crippen LogP contribution < -0.4 is 5.73 Å². The number of carbonyl (C=O) groups excluding carboxylic acids is 1. The molecule has 1 amide bonds. The van der Waals surface area contributed by atoms with Gasteiger partial charge in [0.05, 0.1) is 5.92 Å². The summed E-state index contributed by atoms with van der Waals surface area (Å²) in [7, 11) is 0. The number of nitrogens with two attached hydrogens (primary N) is 1. The van der Waals surface area contributed by atoms with Crippen molar-refractivity contribution < 1.29 is 4.79 Å². The highest BCUT2D eigenvalue weighted by molar-refractivity contribution is 5.84. The zero-order chi connectivity index (χ0) is 9.26. The Hall–Kier alpha value is -1.57. The standard InChI is InChI=1S/C11H11NO/c12-11(13)10-7-3-5-8-4-1-2-6-9(8)10/h1-4,6-7,10H,5H2,(H2,12,13). The molecule has 1 aliphatic carbocycles. The summed E-state index contributed by atoms with van der Waals surface area (Å²) >= 11 is 0. The lowest BCUT2D eigenvalue weighted by molar-refractivity contribution is -0.118. The number of allylic oxidation sites excluding steroid dienone is 1. The monoisotopic (exact) mass is 173 g/mol. The Morgan fingerprint density at radius 1 is 1.38 bits per heavy atom. The van der Waals surface area contributed by atoms with Gasteiger partial charge in [-0.15, -0.1) is 0 Å². The first kappa shape index (κ1) is 8.05. The van der Waals surface area contributed by atoms with Crippen LogP contribution in [0.15, 0.2) is 36.4 Å².